The molecule has 144 valence electrons. The largest absolute Gasteiger partial charge is 0.435 e. The Morgan fingerprint density at radius 3 is 2.78 bits per heavy atom. The Hall–Kier alpha value is -2.15. The van der Waals surface area contributed by atoms with Gasteiger partial charge in [-0.1, -0.05) is 6.92 Å². The molecule has 0 spiro atoms. The van der Waals surface area contributed by atoms with E-state index in [1.807, 2.05) is 30.9 Å². The van der Waals surface area contributed by atoms with Crippen LogP contribution in [-0.2, 0) is 6.42 Å². The molecule has 6 nitrogen and oxygen atoms in total. The Kier molecular flexibility index (Phi) is 5.04. The highest BCUT2D eigenvalue weighted by molar-refractivity contribution is 7.14. The Morgan fingerprint density at radius 1 is 1.30 bits per heavy atom. The number of hydrogen-bond donors (Lipinski definition) is 1. The molecule has 0 radical (unpaired) electrons. The standard InChI is InChI=1S/C20H25N3O3S/c1-3-17-21-12(2)18(26-17)20(25)23-11-5-8-14(23)15-9-10-16(27-15)19(24)22-13-6-4-7-13/h9-10,13-14H,3-8,11H2,1-2H3,(H,22,24). The second kappa shape index (κ2) is 7.46. The zero-order valence-electron chi connectivity index (χ0n) is 15.8. The number of rotatable bonds is 5. The van der Waals surface area contributed by atoms with Gasteiger partial charge in [0.05, 0.1) is 16.6 Å². The van der Waals surface area contributed by atoms with Gasteiger partial charge >= 0.3 is 0 Å². The SMILES string of the molecule is CCc1nc(C)c(C(=O)N2CCCC2c2ccc(C(=O)NC3CCC3)s2)o1. The minimum absolute atomic E-state index is 0.00216. The lowest BCUT2D eigenvalue weighted by Crippen LogP contribution is -2.39. The number of carbonyl (C=O) groups excluding carboxylic acids is 2. The van der Waals surface area contributed by atoms with Crippen molar-refractivity contribution in [3.8, 4) is 0 Å². The molecule has 1 N–H and O–H groups in total. The summed E-state index contributed by atoms with van der Waals surface area (Å²) in [5.74, 6) is 0.845. The van der Waals surface area contributed by atoms with Crippen LogP contribution in [0.5, 0.6) is 0 Å². The molecule has 2 aromatic rings. The molecule has 0 aromatic carbocycles. The maximum absolute atomic E-state index is 13.0. The average Bonchev–Trinajstić information content (AvgIpc) is 3.35. The topological polar surface area (TPSA) is 75.4 Å². The normalized spacial score (nSPS) is 19.9. The summed E-state index contributed by atoms with van der Waals surface area (Å²) in [6.45, 7) is 4.47. The summed E-state index contributed by atoms with van der Waals surface area (Å²) in [7, 11) is 0. The number of amides is 2. The number of carbonyl (C=O) groups is 2. The van der Waals surface area contributed by atoms with Crippen molar-refractivity contribution in [3.63, 3.8) is 0 Å². The Morgan fingerprint density at radius 2 is 2.11 bits per heavy atom. The van der Waals surface area contributed by atoms with Crippen molar-refractivity contribution in [1.82, 2.24) is 15.2 Å². The van der Waals surface area contributed by atoms with Crippen LogP contribution in [0.2, 0.25) is 0 Å². The van der Waals surface area contributed by atoms with Crippen LogP contribution in [0.3, 0.4) is 0 Å². The van der Waals surface area contributed by atoms with Gasteiger partial charge in [-0.25, -0.2) is 4.98 Å². The van der Waals surface area contributed by atoms with Crippen molar-refractivity contribution in [2.24, 2.45) is 0 Å². The number of oxazole rings is 1. The van der Waals surface area contributed by atoms with E-state index in [1.54, 1.807) is 0 Å². The average molecular weight is 388 g/mol. The molecule has 1 atom stereocenters. The monoisotopic (exact) mass is 387 g/mol. The zero-order chi connectivity index (χ0) is 19.0. The smallest absolute Gasteiger partial charge is 0.292 e. The molecular weight excluding hydrogens is 362 g/mol. The Balaban J connectivity index is 1.50. The van der Waals surface area contributed by atoms with Crippen molar-refractivity contribution in [3.05, 3.63) is 39.2 Å². The van der Waals surface area contributed by atoms with E-state index in [-0.39, 0.29) is 17.9 Å². The van der Waals surface area contributed by atoms with Gasteiger partial charge in [-0.15, -0.1) is 11.3 Å². The number of hydrogen-bond acceptors (Lipinski definition) is 5. The molecule has 2 aromatic heterocycles. The molecule has 3 heterocycles. The number of aromatic nitrogens is 1. The lowest BCUT2D eigenvalue weighted by Gasteiger charge is -2.26. The summed E-state index contributed by atoms with van der Waals surface area (Å²) in [6, 6.07) is 4.20. The van der Waals surface area contributed by atoms with Gasteiger partial charge in [0.2, 0.25) is 5.76 Å². The summed E-state index contributed by atoms with van der Waals surface area (Å²) >= 11 is 1.49. The third-order valence-electron chi connectivity index (χ3n) is 5.47. The molecule has 27 heavy (non-hydrogen) atoms. The summed E-state index contributed by atoms with van der Waals surface area (Å²) in [5, 5.41) is 3.08. The summed E-state index contributed by atoms with van der Waals surface area (Å²) in [6.07, 6.45) is 5.87. The molecule has 4 rings (SSSR count). The maximum atomic E-state index is 13.0. The van der Waals surface area contributed by atoms with Gasteiger partial charge in [-0.3, -0.25) is 9.59 Å². The lowest BCUT2D eigenvalue weighted by atomic mass is 9.93. The maximum Gasteiger partial charge on any atom is 0.292 e. The second-order valence-corrected chi connectivity index (χ2v) is 8.45. The highest BCUT2D eigenvalue weighted by Gasteiger charge is 2.34. The van der Waals surface area contributed by atoms with Gasteiger partial charge in [-0.05, 0) is 51.2 Å². The van der Waals surface area contributed by atoms with E-state index < -0.39 is 0 Å². The van der Waals surface area contributed by atoms with Crippen LogP contribution in [0.15, 0.2) is 16.5 Å². The molecule has 1 aliphatic heterocycles. The summed E-state index contributed by atoms with van der Waals surface area (Å²) < 4.78 is 5.66. The first kappa shape index (κ1) is 18.2. The van der Waals surface area contributed by atoms with E-state index in [4.69, 9.17) is 4.42 Å². The van der Waals surface area contributed by atoms with E-state index in [2.05, 4.69) is 10.3 Å². The van der Waals surface area contributed by atoms with Crippen LogP contribution in [0.1, 0.15) is 81.8 Å². The summed E-state index contributed by atoms with van der Waals surface area (Å²) in [5.41, 5.74) is 0.647. The van der Waals surface area contributed by atoms with Crippen molar-refractivity contribution < 1.29 is 14.0 Å². The Bertz CT molecular complexity index is 853. The molecule has 0 bridgehead atoms. The summed E-state index contributed by atoms with van der Waals surface area (Å²) in [4.78, 5) is 33.4. The fourth-order valence-electron chi connectivity index (χ4n) is 3.70. The van der Waals surface area contributed by atoms with Crippen molar-refractivity contribution in [2.45, 2.75) is 64.5 Å². The third-order valence-corrected chi connectivity index (χ3v) is 6.66. The van der Waals surface area contributed by atoms with Gasteiger partial charge in [0.25, 0.3) is 11.8 Å². The Labute approximate surface area is 163 Å². The van der Waals surface area contributed by atoms with Crippen LogP contribution in [0.4, 0.5) is 0 Å². The highest BCUT2D eigenvalue weighted by atomic mass is 32.1. The van der Waals surface area contributed by atoms with E-state index in [0.717, 1.165) is 35.4 Å². The molecule has 2 fully saturated rings. The number of nitrogens with one attached hydrogen (secondary N) is 1. The van der Waals surface area contributed by atoms with Gasteiger partial charge < -0.3 is 14.6 Å². The fourth-order valence-corrected chi connectivity index (χ4v) is 4.76. The van der Waals surface area contributed by atoms with E-state index in [9.17, 15) is 9.59 Å². The molecule has 1 aliphatic carbocycles. The molecule has 1 saturated heterocycles. The molecule has 7 heteroatoms. The zero-order valence-corrected chi connectivity index (χ0v) is 16.6. The van der Waals surface area contributed by atoms with E-state index >= 15 is 0 Å². The van der Waals surface area contributed by atoms with Crippen LogP contribution in [-0.4, -0.2) is 34.3 Å². The van der Waals surface area contributed by atoms with Crippen molar-refractivity contribution >= 4 is 23.2 Å². The number of nitrogens with zero attached hydrogens (tertiary/aromatic N) is 2. The first-order chi connectivity index (χ1) is 13.1. The number of likely N-dealkylation sites (tertiary alicyclic amines) is 1. The molecular formula is C20H25N3O3S. The minimum Gasteiger partial charge on any atom is -0.435 e. The van der Waals surface area contributed by atoms with Crippen LogP contribution in [0, 0.1) is 6.92 Å². The third kappa shape index (κ3) is 3.52. The first-order valence-corrected chi connectivity index (χ1v) is 10.6. The van der Waals surface area contributed by atoms with Crippen LogP contribution < -0.4 is 5.32 Å². The minimum atomic E-state index is -0.101. The highest BCUT2D eigenvalue weighted by Crippen LogP contribution is 2.37. The van der Waals surface area contributed by atoms with E-state index in [0.29, 0.717) is 36.4 Å². The number of aryl methyl sites for hydroxylation is 2. The van der Waals surface area contributed by atoms with Gasteiger partial charge in [0, 0.05) is 23.9 Å². The predicted octanol–water partition coefficient (Wildman–Crippen LogP) is 3.87. The molecule has 1 unspecified atom stereocenters. The van der Waals surface area contributed by atoms with Crippen molar-refractivity contribution in [2.75, 3.05) is 6.54 Å². The number of thiophene rings is 1. The van der Waals surface area contributed by atoms with Crippen LogP contribution >= 0.6 is 11.3 Å². The van der Waals surface area contributed by atoms with Gasteiger partial charge in [0.1, 0.15) is 0 Å². The second-order valence-electron chi connectivity index (χ2n) is 7.34. The van der Waals surface area contributed by atoms with E-state index in [1.165, 1.54) is 17.8 Å². The molecule has 1 saturated carbocycles. The molecule has 2 amide bonds. The first-order valence-electron chi connectivity index (χ1n) is 9.74. The quantitative estimate of drug-likeness (QED) is 0.845. The van der Waals surface area contributed by atoms with Gasteiger partial charge in [0.15, 0.2) is 5.89 Å². The van der Waals surface area contributed by atoms with Crippen molar-refractivity contribution in [1.29, 1.82) is 0 Å². The lowest BCUT2D eigenvalue weighted by molar-refractivity contribution is 0.0702. The van der Waals surface area contributed by atoms with Gasteiger partial charge in [-0.2, -0.15) is 0 Å². The predicted molar refractivity (Wildman–Crippen MR) is 103 cm³/mol. The fraction of sp³-hybridized carbons (Fsp3) is 0.550. The van der Waals surface area contributed by atoms with Crippen LogP contribution in [0.25, 0.3) is 0 Å². The molecule has 2 aliphatic rings.